The molecular weight excluding hydrogens is 192 g/mol. The van der Waals surface area contributed by atoms with Crippen LogP contribution >= 0.6 is 0 Å². The molecule has 1 fully saturated rings. The van der Waals surface area contributed by atoms with Crippen LogP contribution in [0.4, 0.5) is 0 Å². The molecule has 1 aliphatic heterocycles. The molecule has 0 unspecified atom stereocenters. The Balaban J connectivity index is 2.01. The SMILES string of the molecule is CCOCCCC(=O)N[C@H]1CCCNC1. The predicted molar refractivity (Wildman–Crippen MR) is 59.8 cm³/mol. The molecule has 0 radical (unpaired) electrons. The monoisotopic (exact) mass is 214 g/mol. The third-order valence-electron chi connectivity index (χ3n) is 2.56. The smallest absolute Gasteiger partial charge is 0.220 e. The second-order valence-corrected chi connectivity index (χ2v) is 3.91. The van der Waals surface area contributed by atoms with Crippen molar-refractivity contribution < 1.29 is 9.53 Å². The summed E-state index contributed by atoms with van der Waals surface area (Å²) in [5.41, 5.74) is 0. The van der Waals surface area contributed by atoms with Gasteiger partial charge in [0.2, 0.25) is 5.91 Å². The van der Waals surface area contributed by atoms with Crippen molar-refractivity contribution in [3.63, 3.8) is 0 Å². The first kappa shape index (κ1) is 12.5. The Bertz CT molecular complexity index is 179. The number of amides is 1. The van der Waals surface area contributed by atoms with Crippen LogP contribution in [0.3, 0.4) is 0 Å². The number of ether oxygens (including phenoxy) is 1. The molecule has 15 heavy (non-hydrogen) atoms. The van der Waals surface area contributed by atoms with Gasteiger partial charge in [-0.2, -0.15) is 0 Å². The molecule has 0 aromatic heterocycles. The Morgan fingerprint density at radius 2 is 2.47 bits per heavy atom. The molecule has 2 N–H and O–H groups in total. The first-order chi connectivity index (χ1) is 7.33. The highest BCUT2D eigenvalue weighted by Crippen LogP contribution is 2.02. The quantitative estimate of drug-likeness (QED) is 0.639. The fourth-order valence-corrected chi connectivity index (χ4v) is 1.75. The van der Waals surface area contributed by atoms with Crippen molar-refractivity contribution in [2.75, 3.05) is 26.3 Å². The Morgan fingerprint density at radius 3 is 3.13 bits per heavy atom. The Hall–Kier alpha value is -0.610. The summed E-state index contributed by atoms with van der Waals surface area (Å²) in [6, 6.07) is 0.332. The van der Waals surface area contributed by atoms with Crippen LogP contribution in [0.2, 0.25) is 0 Å². The first-order valence-electron chi connectivity index (χ1n) is 5.90. The predicted octanol–water partition coefficient (Wildman–Crippen LogP) is 0.671. The van der Waals surface area contributed by atoms with Crippen LogP contribution in [0.15, 0.2) is 0 Å². The normalized spacial score (nSPS) is 21.3. The van der Waals surface area contributed by atoms with Gasteiger partial charge in [0.25, 0.3) is 0 Å². The number of carbonyl (C=O) groups excluding carboxylic acids is 1. The van der Waals surface area contributed by atoms with Crippen molar-refractivity contribution in [1.82, 2.24) is 10.6 Å². The molecule has 1 rings (SSSR count). The molecule has 4 heteroatoms. The van der Waals surface area contributed by atoms with E-state index < -0.39 is 0 Å². The van der Waals surface area contributed by atoms with Crippen molar-refractivity contribution in [3.8, 4) is 0 Å². The zero-order valence-corrected chi connectivity index (χ0v) is 9.55. The highest BCUT2D eigenvalue weighted by atomic mass is 16.5. The molecule has 0 saturated carbocycles. The van der Waals surface area contributed by atoms with E-state index in [0.29, 0.717) is 19.1 Å². The van der Waals surface area contributed by atoms with Crippen molar-refractivity contribution in [1.29, 1.82) is 0 Å². The van der Waals surface area contributed by atoms with Gasteiger partial charge in [0, 0.05) is 32.2 Å². The fourth-order valence-electron chi connectivity index (χ4n) is 1.75. The molecule has 1 heterocycles. The molecular formula is C11H22N2O2. The average molecular weight is 214 g/mol. The molecule has 1 aliphatic rings. The van der Waals surface area contributed by atoms with E-state index in [9.17, 15) is 4.79 Å². The second-order valence-electron chi connectivity index (χ2n) is 3.91. The van der Waals surface area contributed by atoms with Gasteiger partial charge in [0.15, 0.2) is 0 Å². The van der Waals surface area contributed by atoms with E-state index in [4.69, 9.17) is 4.74 Å². The Labute approximate surface area is 91.8 Å². The van der Waals surface area contributed by atoms with E-state index in [0.717, 1.165) is 39.0 Å². The molecule has 0 aliphatic carbocycles. The zero-order chi connectivity index (χ0) is 10.9. The van der Waals surface area contributed by atoms with Gasteiger partial charge in [-0.1, -0.05) is 0 Å². The lowest BCUT2D eigenvalue weighted by atomic mass is 10.1. The summed E-state index contributed by atoms with van der Waals surface area (Å²) in [6.07, 6.45) is 3.66. The third-order valence-corrected chi connectivity index (χ3v) is 2.56. The number of piperidine rings is 1. The Morgan fingerprint density at radius 1 is 1.60 bits per heavy atom. The summed E-state index contributed by atoms with van der Waals surface area (Å²) in [7, 11) is 0. The molecule has 0 aromatic rings. The van der Waals surface area contributed by atoms with Crippen molar-refractivity contribution in [2.45, 2.75) is 38.6 Å². The van der Waals surface area contributed by atoms with Crippen LogP contribution < -0.4 is 10.6 Å². The summed E-state index contributed by atoms with van der Waals surface area (Å²) < 4.78 is 5.18. The standard InChI is InChI=1S/C11H22N2O2/c1-2-15-8-4-6-11(14)13-10-5-3-7-12-9-10/h10,12H,2-9H2,1H3,(H,13,14)/t10-/m0/s1. The molecule has 1 atom stereocenters. The molecule has 4 nitrogen and oxygen atoms in total. The minimum Gasteiger partial charge on any atom is -0.382 e. The van der Waals surface area contributed by atoms with E-state index in [1.54, 1.807) is 0 Å². The lowest BCUT2D eigenvalue weighted by molar-refractivity contribution is -0.122. The maximum Gasteiger partial charge on any atom is 0.220 e. The number of hydrogen-bond donors (Lipinski definition) is 2. The summed E-state index contributed by atoms with van der Waals surface area (Å²) in [5, 5.41) is 6.32. The molecule has 0 bridgehead atoms. The third kappa shape index (κ3) is 5.74. The largest absolute Gasteiger partial charge is 0.382 e. The molecule has 1 saturated heterocycles. The van der Waals surface area contributed by atoms with Gasteiger partial charge < -0.3 is 15.4 Å². The van der Waals surface area contributed by atoms with Gasteiger partial charge in [-0.05, 0) is 32.7 Å². The second kappa shape index (κ2) is 7.65. The minimum absolute atomic E-state index is 0.156. The molecule has 0 spiro atoms. The van der Waals surface area contributed by atoms with Gasteiger partial charge in [-0.15, -0.1) is 0 Å². The summed E-state index contributed by atoms with van der Waals surface area (Å²) >= 11 is 0. The maximum absolute atomic E-state index is 11.5. The van der Waals surface area contributed by atoms with Crippen LogP contribution in [0, 0.1) is 0 Å². The number of hydrogen-bond acceptors (Lipinski definition) is 3. The van der Waals surface area contributed by atoms with Gasteiger partial charge in [0.1, 0.15) is 0 Å². The van der Waals surface area contributed by atoms with E-state index >= 15 is 0 Å². The van der Waals surface area contributed by atoms with E-state index in [2.05, 4.69) is 10.6 Å². The number of rotatable bonds is 6. The number of carbonyl (C=O) groups is 1. The van der Waals surface area contributed by atoms with Crippen molar-refractivity contribution in [3.05, 3.63) is 0 Å². The minimum atomic E-state index is 0.156. The fraction of sp³-hybridized carbons (Fsp3) is 0.909. The van der Waals surface area contributed by atoms with Gasteiger partial charge in [-0.25, -0.2) is 0 Å². The van der Waals surface area contributed by atoms with Gasteiger partial charge in [0.05, 0.1) is 0 Å². The van der Waals surface area contributed by atoms with Gasteiger partial charge in [-0.3, -0.25) is 4.79 Å². The highest BCUT2D eigenvalue weighted by Gasteiger charge is 2.14. The lowest BCUT2D eigenvalue weighted by Gasteiger charge is -2.23. The lowest BCUT2D eigenvalue weighted by Crippen LogP contribution is -2.45. The zero-order valence-electron chi connectivity index (χ0n) is 9.55. The molecule has 0 aromatic carbocycles. The van der Waals surface area contributed by atoms with Crippen LogP contribution in [-0.2, 0) is 9.53 Å². The van der Waals surface area contributed by atoms with E-state index in [1.165, 1.54) is 0 Å². The highest BCUT2D eigenvalue weighted by molar-refractivity contribution is 5.76. The average Bonchev–Trinajstić information content (AvgIpc) is 2.26. The van der Waals surface area contributed by atoms with Crippen LogP contribution in [-0.4, -0.2) is 38.3 Å². The summed E-state index contributed by atoms with van der Waals surface area (Å²) in [6.45, 7) is 5.38. The van der Waals surface area contributed by atoms with Crippen molar-refractivity contribution in [2.24, 2.45) is 0 Å². The van der Waals surface area contributed by atoms with Crippen LogP contribution in [0.5, 0.6) is 0 Å². The van der Waals surface area contributed by atoms with Crippen molar-refractivity contribution >= 4 is 5.91 Å². The molecule has 1 amide bonds. The van der Waals surface area contributed by atoms with E-state index in [-0.39, 0.29) is 5.91 Å². The Kier molecular flexibility index (Phi) is 6.36. The molecule has 88 valence electrons. The van der Waals surface area contributed by atoms with Crippen LogP contribution in [0.1, 0.15) is 32.6 Å². The van der Waals surface area contributed by atoms with E-state index in [1.807, 2.05) is 6.92 Å². The van der Waals surface area contributed by atoms with Crippen LogP contribution in [0.25, 0.3) is 0 Å². The summed E-state index contributed by atoms with van der Waals surface area (Å²) in [4.78, 5) is 11.5. The summed E-state index contributed by atoms with van der Waals surface area (Å²) in [5.74, 6) is 0.156. The maximum atomic E-state index is 11.5. The topological polar surface area (TPSA) is 50.4 Å². The van der Waals surface area contributed by atoms with Gasteiger partial charge >= 0.3 is 0 Å². The number of nitrogens with one attached hydrogen (secondary N) is 2. The first-order valence-corrected chi connectivity index (χ1v) is 5.90.